The molecular formula is C12H13ClF3NO2. The van der Waals surface area contributed by atoms with E-state index in [2.05, 4.69) is 0 Å². The van der Waals surface area contributed by atoms with Crippen LogP contribution in [0.15, 0.2) is 18.2 Å². The fourth-order valence-electron chi connectivity index (χ4n) is 1.50. The second kappa shape index (κ2) is 5.79. The van der Waals surface area contributed by atoms with Crippen LogP contribution in [0.2, 0.25) is 5.02 Å². The van der Waals surface area contributed by atoms with Crippen molar-refractivity contribution in [1.82, 2.24) is 4.90 Å². The van der Waals surface area contributed by atoms with E-state index >= 15 is 0 Å². The second-order valence-electron chi connectivity index (χ2n) is 4.24. The zero-order chi connectivity index (χ0) is 14.8. The summed E-state index contributed by atoms with van der Waals surface area (Å²) < 4.78 is 38.0. The predicted molar refractivity (Wildman–Crippen MR) is 65.0 cm³/mol. The smallest absolute Gasteiger partial charge is 0.417 e. The minimum absolute atomic E-state index is 0.0910. The molecule has 0 unspecified atom stereocenters. The van der Waals surface area contributed by atoms with E-state index in [9.17, 15) is 18.0 Å². The summed E-state index contributed by atoms with van der Waals surface area (Å²) >= 11 is 5.50. The zero-order valence-corrected chi connectivity index (χ0v) is 11.1. The van der Waals surface area contributed by atoms with Crippen LogP contribution in [0.3, 0.4) is 0 Å². The molecule has 1 atom stereocenters. The lowest BCUT2D eigenvalue weighted by Crippen LogP contribution is -2.35. The fraction of sp³-hybridized carbons (Fsp3) is 0.417. The third-order valence-corrected chi connectivity index (χ3v) is 3.12. The Morgan fingerprint density at radius 2 is 2.05 bits per heavy atom. The van der Waals surface area contributed by atoms with Crippen molar-refractivity contribution in [1.29, 1.82) is 0 Å². The average Bonchev–Trinajstić information content (AvgIpc) is 2.28. The second-order valence-corrected chi connectivity index (χ2v) is 4.65. The van der Waals surface area contributed by atoms with Crippen LogP contribution < -0.4 is 0 Å². The van der Waals surface area contributed by atoms with Gasteiger partial charge in [0.15, 0.2) is 0 Å². The topological polar surface area (TPSA) is 40.5 Å². The molecule has 3 nitrogen and oxygen atoms in total. The number of carbonyl (C=O) groups is 1. The zero-order valence-electron chi connectivity index (χ0n) is 10.3. The lowest BCUT2D eigenvalue weighted by Gasteiger charge is -2.21. The Balaban J connectivity index is 2.95. The quantitative estimate of drug-likeness (QED) is 0.927. The minimum atomic E-state index is -4.52. The highest BCUT2D eigenvalue weighted by molar-refractivity contribution is 6.31. The summed E-state index contributed by atoms with van der Waals surface area (Å²) in [5.41, 5.74) is -0.560. The molecule has 0 fully saturated rings. The van der Waals surface area contributed by atoms with Crippen molar-refractivity contribution in [2.24, 2.45) is 0 Å². The summed E-state index contributed by atoms with van der Waals surface area (Å²) in [6.07, 6.45) is -4.52. The van der Waals surface area contributed by atoms with Crippen molar-refractivity contribution in [3.63, 3.8) is 0 Å². The molecule has 0 aliphatic rings. The van der Waals surface area contributed by atoms with Gasteiger partial charge in [0, 0.05) is 6.54 Å². The van der Waals surface area contributed by atoms with E-state index in [1.807, 2.05) is 0 Å². The summed E-state index contributed by atoms with van der Waals surface area (Å²) in [6, 6.07) is 2.76. The molecule has 19 heavy (non-hydrogen) atoms. The number of nitrogens with zero attached hydrogens (tertiary/aromatic N) is 1. The summed E-state index contributed by atoms with van der Waals surface area (Å²) in [5, 5.41) is 8.45. The van der Waals surface area contributed by atoms with E-state index < -0.39 is 23.8 Å². The molecule has 106 valence electrons. The third-order valence-electron chi connectivity index (χ3n) is 2.79. The third kappa shape index (κ3) is 4.11. The van der Waals surface area contributed by atoms with Gasteiger partial charge in [-0.15, -0.1) is 0 Å². The summed E-state index contributed by atoms with van der Waals surface area (Å²) in [7, 11) is 1.53. The number of hydrogen-bond donors (Lipinski definition) is 1. The van der Waals surface area contributed by atoms with Gasteiger partial charge in [-0.25, -0.2) is 0 Å². The molecule has 0 heterocycles. The molecule has 0 aliphatic heterocycles. The molecule has 1 rings (SSSR count). The van der Waals surface area contributed by atoms with Crippen molar-refractivity contribution in [2.45, 2.75) is 25.7 Å². The molecule has 1 aromatic rings. The van der Waals surface area contributed by atoms with Gasteiger partial charge in [-0.1, -0.05) is 17.7 Å². The molecule has 0 aliphatic carbocycles. The minimum Gasteiger partial charge on any atom is -0.480 e. The summed E-state index contributed by atoms with van der Waals surface area (Å²) in [5.74, 6) is -1.03. The lowest BCUT2D eigenvalue weighted by atomic mass is 10.1. The van der Waals surface area contributed by atoms with Crippen LogP contribution in [0.25, 0.3) is 0 Å². The van der Waals surface area contributed by atoms with E-state index in [4.69, 9.17) is 16.7 Å². The number of hydrogen-bond acceptors (Lipinski definition) is 2. The largest absolute Gasteiger partial charge is 0.480 e. The van der Waals surface area contributed by atoms with Gasteiger partial charge in [-0.3, -0.25) is 9.69 Å². The number of carboxylic acid groups (broad SMARTS) is 1. The Labute approximate surface area is 113 Å². The number of carboxylic acids is 1. The highest BCUT2D eigenvalue weighted by Gasteiger charge is 2.33. The average molecular weight is 296 g/mol. The van der Waals surface area contributed by atoms with Gasteiger partial charge >= 0.3 is 12.1 Å². The molecule has 0 bridgehead atoms. The van der Waals surface area contributed by atoms with Crippen molar-refractivity contribution >= 4 is 17.6 Å². The van der Waals surface area contributed by atoms with Gasteiger partial charge in [0.1, 0.15) is 6.04 Å². The molecule has 0 saturated carbocycles. The first kappa shape index (κ1) is 15.8. The maximum atomic E-state index is 12.7. The van der Waals surface area contributed by atoms with Crippen molar-refractivity contribution in [3.8, 4) is 0 Å². The first-order valence-corrected chi connectivity index (χ1v) is 5.79. The van der Waals surface area contributed by atoms with Gasteiger partial charge in [0.25, 0.3) is 0 Å². The lowest BCUT2D eigenvalue weighted by molar-refractivity contribution is -0.142. The molecule has 0 aromatic heterocycles. The van der Waals surface area contributed by atoms with Gasteiger partial charge < -0.3 is 5.11 Å². The Morgan fingerprint density at radius 3 is 2.53 bits per heavy atom. The fourth-order valence-corrected chi connectivity index (χ4v) is 1.73. The van der Waals surface area contributed by atoms with Crippen molar-refractivity contribution < 1.29 is 23.1 Å². The molecule has 1 N–H and O–H groups in total. The van der Waals surface area contributed by atoms with E-state index in [1.165, 1.54) is 31.0 Å². The van der Waals surface area contributed by atoms with Crippen LogP contribution in [0.1, 0.15) is 18.1 Å². The SMILES string of the molecule is C[C@@H](C(=O)O)N(C)Cc1ccc(Cl)c(C(F)(F)F)c1. The van der Waals surface area contributed by atoms with Crippen LogP contribution in [0.5, 0.6) is 0 Å². The molecule has 0 saturated heterocycles. The molecule has 7 heteroatoms. The van der Waals surface area contributed by atoms with Crippen molar-refractivity contribution in [2.75, 3.05) is 7.05 Å². The number of aliphatic carboxylic acids is 1. The van der Waals surface area contributed by atoms with Crippen LogP contribution in [0, 0.1) is 0 Å². The maximum Gasteiger partial charge on any atom is 0.417 e. The monoisotopic (exact) mass is 295 g/mol. The van der Waals surface area contributed by atoms with E-state index in [0.29, 0.717) is 5.56 Å². The molecule has 1 aromatic carbocycles. The number of benzene rings is 1. The van der Waals surface area contributed by atoms with Crippen LogP contribution in [-0.2, 0) is 17.5 Å². The highest BCUT2D eigenvalue weighted by Crippen LogP contribution is 2.35. The number of halogens is 4. The highest BCUT2D eigenvalue weighted by atomic mass is 35.5. The standard InChI is InChI=1S/C12H13ClF3NO2/c1-7(11(18)19)17(2)6-8-3-4-10(13)9(5-8)12(14,15)16/h3-5,7H,6H2,1-2H3,(H,18,19)/t7-/m0/s1. The normalized spacial score (nSPS) is 13.6. The number of alkyl halides is 3. The summed E-state index contributed by atoms with van der Waals surface area (Å²) in [4.78, 5) is 12.2. The van der Waals surface area contributed by atoms with Crippen molar-refractivity contribution in [3.05, 3.63) is 34.3 Å². The first-order chi connectivity index (χ1) is 8.62. The van der Waals surface area contributed by atoms with E-state index in [0.717, 1.165) is 6.07 Å². The van der Waals surface area contributed by atoms with Gasteiger partial charge in [0.2, 0.25) is 0 Å². The Kier molecular flexibility index (Phi) is 4.81. The predicted octanol–water partition coefficient (Wildman–Crippen LogP) is 3.26. The number of rotatable bonds is 4. The maximum absolute atomic E-state index is 12.7. The van der Waals surface area contributed by atoms with Gasteiger partial charge in [-0.05, 0) is 31.7 Å². The first-order valence-electron chi connectivity index (χ1n) is 5.41. The summed E-state index contributed by atoms with van der Waals surface area (Å²) in [6.45, 7) is 1.55. The van der Waals surface area contributed by atoms with Crippen LogP contribution in [0.4, 0.5) is 13.2 Å². The van der Waals surface area contributed by atoms with Gasteiger partial charge in [-0.2, -0.15) is 13.2 Å². The molecule has 0 amide bonds. The molecular weight excluding hydrogens is 283 g/mol. The number of likely N-dealkylation sites (N-methyl/N-ethyl adjacent to an activating group) is 1. The van der Waals surface area contributed by atoms with Crippen LogP contribution in [-0.4, -0.2) is 29.1 Å². The van der Waals surface area contributed by atoms with E-state index in [1.54, 1.807) is 0 Å². The molecule has 0 radical (unpaired) electrons. The van der Waals surface area contributed by atoms with Gasteiger partial charge in [0.05, 0.1) is 10.6 Å². The van der Waals surface area contributed by atoms with E-state index in [-0.39, 0.29) is 11.6 Å². The van der Waals surface area contributed by atoms with Crippen LogP contribution >= 0.6 is 11.6 Å². The Hall–Kier alpha value is -1.27. The Morgan fingerprint density at radius 1 is 1.47 bits per heavy atom. The Bertz CT molecular complexity index is 477. The molecule has 0 spiro atoms.